The zero-order valence-electron chi connectivity index (χ0n) is 10.9. The number of anilines is 1. The smallest absolute Gasteiger partial charge is 0.240 e. The Bertz CT molecular complexity index is 529. The molecule has 0 aliphatic rings. The van der Waals surface area contributed by atoms with Crippen molar-refractivity contribution in [3.05, 3.63) is 24.3 Å². The third-order valence-corrected chi connectivity index (χ3v) is 4.94. The molecule has 19 heavy (non-hydrogen) atoms. The first-order valence-corrected chi connectivity index (χ1v) is 8.95. The molecule has 0 bridgehead atoms. The average molecular weight is 305 g/mol. The molecular formula is C11H19N3O3S2. The molecule has 0 saturated heterocycles. The average Bonchev–Trinajstić information content (AvgIpc) is 2.36. The number of hydrazine groups is 1. The van der Waals surface area contributed by atoms with E-state index in [1.54, 1.807) is 25.3 Å². The van der Waals surface area contributed by atoms with E-state index in [0.717, 1.165) is 0 Å². The first-order valence-electron chi connectivity index (χ1n) is 5.74. The van der Waals surface area contributed by atoms with E-state index in [9.17, 15) is 12.6 Å². The van der Waals surface area contributed by atoms with Crippen LogP contribution in [-0.4, -0.2) is 30.7 Å². The molecule has 0 aromatic heterocycles. The van der Waals surface area contributed by atoms with Crippen LogP contribution in [0.2, 0.25) is 0 Å². The van der Waals surface area contributed by atoms with Gasteiger partial charge in [-0.15, -0.1) is 0 Å². The molecule has 4 N–H and O–H groups in total. The van der Waals surface area contributed by atoms with Crippen LogP contribution in [0, 0.1) is 0 Å². The zero-order valence-corrected chi connectivity index (χ0v) is 12.6. The molecule has 2 unspecified atom stereocenters. The summed E-state index contributed by atoms with van der Waals surface area (Å²) in [5.74, 6) is 5.69. The maximum atomic E-state index is 12.0. The van der Waals surface area contributed by atoms with Crippen LogP contribution >= 0.6 is 0 Å². The highest BCUT2D eigenvalue weighted by Gasteiger charge is 2.17. The molecule has 6 nitrogen and oxygen atoms in total. The number of benzene rings is 1. The maximum absolute atomic E-state index is 12.0. The number of nitrogens with one attached hydrogen (secondary N) is 2. The van der Waals surface area contributed by atoms with Crippen LogP contribution in [0.25, 0.3) is 0 Å². The van der Waals surface area contributed by atoms with Gasteiger partial charge >= 0.3 is 0 Å². The number of nitrogens with two attached hydrogens (primary N) is 1. The van der Waals surface area contributed by atoms with E-state index in [-0.39, 0.29) is 10.9 Å². The summed E-state index contributed by atoms with van der Waals surface area (Å²) in [5, 5.41) is 0. The van der Waals surface area contributed by atoms with Crippen LogP contribution in [-0.2, 0) is 20.8 Å². The minimum atomic E-state index is -3.55. The van der Waals surface area contributed by atoms with Crippen molar-refractivity contribution >= 4 is 26.5 Å². The predicted octanol–water partition coefficient (Wildman–Crippen LogP) is 0.408. The quantitative estimate of drug-likeness (QED) is 0.500. The summed E-state index contributed by atoms with van der Waals surface area (Å²) in [6, 6.07) is 5.85. The van der Waals surface area contributed by atoms with Gasteiger partial charge in [-0.2, -0.15) is 0 Å². The summed E-state index contributed by atoms with van der Waals surface area (Å²) >= 11 is 0. The highest BCUT2D eigenvalue weighted by molar-refractivity contribution is 7.89. The number of sulfonamides is 1. The minimum Gasteiger partial charge on any atom is -0.324 e. The van der Waals surface area contributed by atoms with Crippen molar-refractivity contribution in [1.82, 2.24) is 4.72 Å². The van der Waals surface area contributed by atoms with Crippen molar-refractivity contribution in [3.63, 3.8) is 0 Å². The number of rotatable bonds is 7. The summed E-state index contributed by atoms with van der Waals surface area (Å²) in [4.78, 5) is 0.177. The summed E-state index contributed by atoms with van der Waals surface area (Å²) in [6.45, 7) is 1.75. The topological polar surface area (TPSA) is 101 Å². The lowest BCUT2D eigenvalue weighted by molar-refractivity contribution is 0.556. The molecule has 0 spiro atoms. The van der Waals surface area contributed by atoms with Crippen molar-refractivity contribution in [2.24, 2.45) is 5.84 Å². The first-order chi connectivity index (χ1) is 8.85. The van der Waals surface area contributed by atoms with E-state index in [2.05, 4.69) is 10.1 Å². The van der Waals surface area contributed by atoms with Crippen molar-refractivity contribution < 1.29 is 12.6 Å². The fourth-order valence-electron chi connectivity index (χ4n) is 1.46. The second kappa shape index (κ2) is 6.99. The van der Waals surface area contributed by atoms with Gasteiger partial charge in [-0.1, -0.05) is 0 Å². The Morgan fingerprint density at radius 2 is 1.89 bits per heavy atom. The number of hydrogen-bond donors (Lipinski definition) is 3. The lowest BCUT2D eigenvalue weighted by Gasteiger charge is -2.13. The Labute approximate surface area is 116 Å². The zero-order chi connectivity index (χ0) is 14.5. The SMILES string of the molecule is CC(CCS(C)=O)NS(=O)(=O)c1ccc(NN)cc1. The molecule has 1 rings (SSSR count). The third kappa shape index (κ3) is 5.27. The van der Waals surface area contributed by atoms with Crippen molar-refractivity contribution in [3.8, 4) is 0 Å². The lowest BCUT2D eigenvalue weighted by atomic mass is 10.3. The van der Waals surface area contributed by atoms with E-state index in [1.807, 2.05) is 0 Å². The highest BCUT2D eigenvalue weighted by Crippen LogP contribution is 2.13. The molecule has 0 radical (unpaired) electrons. The first kappa shape index (κ1) is 16.1. The van der Waals surface area contributed by atoms with E-state index in [1.165, 1.54) is 12.1 Å². The van der Waals surface area contributed by atoms with Gasteiger partial charge in [0.1, 0.15) is 0 Å². The molecule has 8 heteroatoms. The van der Waals surface area contributed by atoms with Crippen molar-refractivity contribution in [2.75, 3.05) is 17.4 Å². The second-order valence-corrected chi connectivity index (χ2v) is 7.53. The van der Waals surface area contributed by atoms with Crippen LogP contribution < -0.4 is 16.0 Å². The van der Waals surface area contributed by atoms with Gasteiger partial charge in [0.05, 0.1) is 4.90 Å². The van der Waals surface area contributed by atoms with Crippen LogP contribution in [0.15, 0.2) is 29.2 Å². The Hall–Kier alpha value is -0.960. The van der Waals surface area contributed by atoms with Crippen LogP contribution in [0.1, 0.15) is 13.3 Å². The molecule has 1 aromatic carbocycles. The summed E-state index contributed by atoms with van der Waals surface area (Å²) in [6.07, 6.45) is 2.13. The summed E-state index contributed by atoms with van der Waals surface area (Å²) in [5.41, 5.74) is 3.06. The molecule has 0 heterocycles. The van der Waals surface area contributed by atoms with Gasteiger partial charge in [-0.3, -0.25) is 10.1 Å². The Balaban J connectivity index is 2.71. The van der Waals surface area contributed by atoms with Crippen LogP contribution in [0.5, 0.6) is 0 Å². The van der Waals surface area contributed by atoms with Gasteiger partial charge < -0.3 is 5.43 Å². The normalized spacial score (nSPS) is 14.9. The third-order valence-electron chi connectivity index (χ3n) is 2.53. The van der Waals surface area contributed by atoms with Gasteiger partial charge in [0.25, 0.3) is 0 Å². The van der Waals surface area contributed by atoms with Gasteiger partial charge in [-0.25, -0.2) is 13.1 Å². The largest absolute Gasteiger partial charge is 0.324 e. The lowest BCUT2D eigenvalue weighted by Crippen LogP contribution is -2.33. The molecule has 0 aliphatic carbocycles. The second-order valence-electron chi connectivity index (χ2n) is 4.26. The van der Waals surface area contributed by atoms with Crippen molar-refractivity contribution in [1.29, 1.82) is 0 Å². The highest BCUT2D eigenvalue weighted by atomic mass is 32.2. The van der Waals surface area contributed by atoms with Gasteiger partial charge in [0, 0.05) is 34.5 Å². The van der Waals surface area contributed by atoms with E-state index >= 15 is 0 Å². The molecule has 2 atom stereocenters. The fraction of sp³-hybridized carbons (Fsp3) is 0.455. The molecule has 108 valence electrons. The number of hydrogen-bond acceptors (Lipinski definition) is 5. The molecular weight excluding hydrogens is 286 g/mol. The Morgan fingerprint density at radius 1 is 1.32 bits per heavy atom. The maximum Gasteiger partial charge on any atom is 0.240 e. The van der Waals surface area contributed by atoms with E-state index in [0.29, 0.717) is 17.9 Å². The predicted molar refractivity (Wildman–Crippen MR) is 77.6 cm³/mol. The Morgan fingerprint density at radius 3 is 2.37 bits per heavy atom. The van der Waals surface area contributed by atoms with Crippen molar-refractivity contribution in [2.45, 2.75) is 24.3 Å². The summed E-state index contributed by atoms with van der Waals surface area (Å²) < 4.78 is 37.6. The van der Waals surface area contributed by atoms with E-state index < -0.39 is 20.8 Å². The van der Waals surface area contributed by atoms with Crippen LogP contribution in [0.4, 0.5) is 5.69 Å². The van der Waals surface area contributed by atoms with Crippen LogP contribution in [0.3, 0.4) is 0 Å². The standard InChI is InChI=1S/C11H19N3O3S2/c1-9(7-8-18(2)15)14-19(16,17)11-5-3-10(13-12)4-6-11/h3-6,9,13-14H,7-8,12H2,1-2H3. The molecule has 0 aliphatic heterocycles. The summed E-state index contributed by atoms with van der Waals surface area (Å²) in [7, 11) is -4.47. The molecule has 0 fully saturated rings. The monoisotopic (exact) mass is 305 g/mol. The molecule has 1 aromatic rings. The number of nitrogen functional groups attached to an aromatic ring is 1. The minimum absolute atomic E-state index is 0.177. The molecule has 0 saturated carbocycles. The van der Waals surface area contributed by atoms with Gasteiger partial charge in [0.15, 0.2) is 0 Å². The Kier molecular flexibility index (Phi) is 5.92. The van der Waals surface area contributed by atoms with Gasteiger partial charge in [-0.05, 0) is 37.6 Å². The fourth-order valence-corrected chi connectivity index (χ4v) is 3.43. The van der Waals surface area contributed by atoms with Gasteiger partial charge in [0.2, 0.25) is 10.0 Å². The van der Waals surface area contributed by atoms with E-state index in [4.69, 9.17) is 5.84 Å². The molecule has 0 amide bonds.